The number of carbonyl (C=O) groups is 1. The number of hydrogen-bond donors (Lipinski definition) is 0. The summed E-state index contributed by atoms with van der Waals surface area (Å²) in [6, 6.07) is 3.67. The van der Waals surface area contributed by atoms with E-state index in [1.54, 1.807) is 20.9 Å². The number of rotatable bonds is 6. The highest BCUT2D eigenvalue weighted by molar-refractivity contribution is 7.89. The average Bonchev–Trinajstić information content (AvgIpc) is 3.18. The van der Waals surface area contributed by atoms with Crippen LogP contribution in [-0.4, -0.2) is 66.7 Å². The second-order valence-corrected chi connectivity index (χ2v) is 8.81. The third-order valence-corrected chi connectivity index (χ3v) is 6.93. The van der Waals surface area contributed by atoms with Crippen LogP contribution in [-0.2, 0) is 32.6 Å². The minimum absolute atomic E-state index is 0.0402. The zero-order valence-corrected chi connectivity index (χ0v) is 17.5. The molecule has 0 saturated carbocycles. The van der Waals surface area contributed by atoms with Gasteiger partial charge in [-0.1, -0.05) is 0 Å². The van der Waals surface area contributed by atoms with Gasteiger partial charge in [0.25, 0.3) is 0 Å². The Hall–Kier alpha value is -2.17. The third-order valence-electron chi connectivity index (χ3n) is 4.78. The van der Waals surface area contributed by atoms with E-state index in [-0.39, 0.29) is 17.3 Å². The number of ether oxygens (including phenoxy) is 1. The van der Waals surface area contributed by atoms with Crippen LogP contribution in [0.5, 0.6) is 0 Å². The van der Waals surface area contributed by atoms with Gasteiger partial charge in [0.15, 0.2) is 0 Å². The molecule has 0 spiro atoms. The molecule has 10 heteroatoms. The molecular weight excluding hydrogens is 384 g/mol. The molecule has 0 N–H and O–H groups in total. The molecule has 1 saturated heterocycles. The van der Waals surface area contributed by atoms with Crippen LogP contribution in [0.1, 0.15) is 22.9 Å². The summed E-state index contributed by atoms with van der Waals surface area (Å²) in [6.07, 6.45) is 0. The predicted molar refractivity (Wildman–Crippen MR) is 101 cm³/mol. The topological polar surface area (TPSA) is 97.9 Å². The zero-order chi connectivity index (χ0) is 20.5. The lowest BCUT2D eigenvalue weighted by Gasteiger charge is -2.26. The van der Waals surface area contributed by atoms with Crippen molar-refractivity contribution in [2.24, 2.45) is 0 Å². The first kappa shape index (κ1) is 20.6. The van der Waals surface area contributed by atoms with E-state index in [9.17, 15) is 13.2 Å². The lowest BCUT2D eigenvalue weighted by molar-refractivity contribution is -0.131. The van der Waals surface area contributed by atoms with Gasteiger partial charge in [0.2, 0.25) is 15.9 Å². The van der Waals surface area contributed by atoms with Gasteiger partial charge in [-0.15, -0.1) is 0 Å². The summed E-state index contributed by atoms with van der Waals surface area (Å²) in [5.41, 5.74) is 0.848. The first-order chi connectivity index (χ1) is 13.2. The highest BCUT2D eigenvalue weighted by atomic mass is 32.2. The van der Waals surface area contributed by atoms with E-state index in [1.165, 1.54) is 13.9 Å². The average molecular weight is 410 g/mol. The maximum absolute atomic E-state index is 13.0. The standard InChI is InChI=1S/C18H26N4O5S/c1-13-5-6-16(27-13)11-20(4)17(23)12-22-15(3)18(14(2)19-22)28(24,25)21-7-9-26-10-8-21/h5-6H,7-12H2,1-4H3. The zero-order valence-electron chi connectivity index (χ0n) is 16.6. The molecule has 9 nitrogen and oxygen atoms in total. The minimum Gasteiger partial charge on any atom is -0.464 e. The SMILES string of the molecule is Cc1ccc(CN(C)C(=O)Cn2nc(C)c(S(=O)(=O)N3CCOCC3)c2C)o1. The normalized spacial score (nSPS) is 15.7. The molecule has 2 aromatic rings. The van der Waals surface area contributed by atoms with E-state index in [2.05, 4.69) is 5.10 Å². The monoisotopic (exact) mass is 410 g/mol. The fourth-order valence-electron chi connectivity index (χ4n) is 3.26. The van der Waals surface area contributed by atoms with Crippen molar-refractivity contribution in [3.05, 3.63) is 35.0 Å². The Labute approximate surface area is 164 Å². The summed E-state index contributed by atoms with van der Waals surface area (Å²) >= 11 is 0. The molecule has 2 aromatic heterocycles. The van der Waals surface area contributed by atoms with Crippen LogP contribution in [0.15, 0.2) is 21.4 Å². The molecule has 1 amide bonds. The number of furan rings is 1. The predicted octanol–water partition coefficient (Wildman–Crippen LogP) is 1.08. The molecule has 0 aliphatic carbocycles. The van der Waals surface area contributed by atoms with Gasteiger partial charge in [-0.25, -0.2) is 8.42 Å². The minimum atomic E-state index is -3.67. The van der Waals surface area contributed by atoms with Gasteiger partial charge in [0.1, 0.15) is 23.0 Å². The van der Waals surface area contributed by atoms with E-state index in [4.69, 9.17) is 9.15 Å². The Kier molecular flexibility index (Phi) is 5.92. The van der Waals surface area contributed by atoms with Gasteiger partial charge >= 0.3 is 0 Å². The highest BCUT2D eigenvalue weighted by Gasteiger charge is 2.32. The van der Waals surface area contributed by atoms with Crippen LogP contribution in [0, 0.1) is 20.8 Å². The molecule has 0 aromatic carbocycles. The molecule has 1 aliphatic rings. The maximum Gasteiger partial charge on any atom is 0.246 e. The van der Waals surface area contributed by atoms with Crippen molar-refractivity contribution in [2.45, 2.75) is 38.8 Å². The van der Waals surface area contributed by atoms with Crippen molar-refractivity contribution in [3.63, 3.8) is 0 Å². The number of carbonyl (C=O) groups excluding carboxylic acids is 1. The second kappa shape index (κ2) is 8.06. The van der Waals surface area contributed by atoms with Crippen molar-refractivity contribution in [3.8, 4) is 0 Å². The second-order valence-electron chi connectivity index (χ2n) is 6.94. The summed E-state index contributed by atoms with van der Waals surface area (Å²) in [5, 5.41) is 4.31. The van der Waals surface area contributed by atoms with Crippen LogP contribution in [0.3, 0.4) is 0 Å². The maximum atomic E-state index is 13.0. The number of hydrogen-bond acceptors (Lipinski definition) is 6. The van der Waals surface area contributed by atoms with E-state index in [0.717, 1.165) is 5.76 Å². The van der Waals surface area contributed by atoms with Crippen molar-refractivity contribution in [2.75, 3.05) is 33.4 Å². The summed E-state index contributed by atoms with van der Waals surface area (Å²) in [5.74, 6) is 1.29. The van der Waals surface area contributed by atoms with Crippen LogP contribution in [0.2, 0.25) is 0 Å². The molecular formula is C18H26N4O5S. The lowest BCUT2D eigenvalue weighted by Crippen LogP contribution is -2.41. The molecule has 1 fully saturated rings. The highest BCUT2D eigenvalue weighted by Crippen LogP contribution is 2.24. The van der Waals surface area contributed by atoms with Crippen LogP contribution in [0.4, 0.5) is 0 Å². The van der Waals surface area contributed by atoms with Gasteiger partial charge in [-0.3, -0.25) is 9.48 Å². The molecule has 0 unspecified atom stereocenters. The number of likely N-dealkylation sites (N-methyl/N-ethyl adjacent to an activating group) is 1. The lowest BCUT2D eigenvalue weighted by atomic mass is 10.4. The number of morpholine rings is 1. The summed E-state index contributed by atoms with van der Waals surface area (Å²) < 4.78 is 39.6. The number of amides is 1. The Bertz CT molecular complexity index is 957. The Balaban J connectivity index is 1.76. The molecule has 0 bridgehead atoms. The third kappa shape index (κ3) is 4.13. The Morgan fingerprint density at radius 2 is 1.89 bits per heavy atom. The quantitative estimate of drug-likeness (QED) is 0.707. The first-order valence-electron chi connectivity index (χ1n) is 9.11. The van der Waals surface area contributed by atoms with Crippen LogP contribution >= 0.6 is 0 Å². The van der Waals surface area contributed by atoms with Crippen molar-refractivity contribution in [1.29, 1.82) is 0 Å². The fourth-order valence-corrected chi connectivity index (χ4v) is 5.05. The van der Waals surface area contributed by atoms with Crippen molar-refractivity contribution < 1.29 is 22.4 Å². The Morgan fingerprint density at radius 1 is 1.21 bits per heavy atom. The van der Waals surface area contributed by atoms with Crippen molar-refractivity contribution >= 4 is 15.9 Å². The van der Waals surface area contributed by atoms with Crippen LogP contribution in [0.25, 0.3) is 0 Å². The van der Waals surface area contributed by atoms with Gasteiger partial charge in [0, 0.05) is 20.1 Å². The van der Waals surface area contributed by atoms with Gasteiger partial charge in [-0.2, -0.15) is 9.40 Å². The van der Waals surface area contributed by atoms with Crippen molar-refractivity contribution in [1.82, 2.24) is 19.0 Å². The number of aromatic nitrogens is 2. The molecule has 154 valence electrons. The summed E-state index contributed by atoms with van der Waals surface area (Å²) in [6.45, 7) is 6.85. The first-order valence-corrected chi connectivity index (χ1v) is 10.6. The molecule has 0 radical (unpaired) electrons. The number of sulfonamides is 1. The smallest absolute Gasteiger partial charge is 0.246 e. The molecule has 3 heterocycles. The molecule has 3 rings (SSSR count). The van der Waals surface area contributed by atoms with Crippen LogP contribution < -0.4 is 0 Å². The molecule has 1 aliphatic heterocycles. The number of nitrogens with zero attached hydrogens (tertiary/aromatic N) is 4. The Morgan fingerprint density at radius 3 is 2.50 bits per heavy atom. The fraction of sp³-hybridized carbons (Fsp3) is 0.556. The largest absolute Gasteiger partial charge is 0.464 e. The summed E-state index contributed by atoms with van der Waals surface area (Å²) in [7, 11) is -2.00. The van der Waals surface area contributed by atoms with Gasteiger partial charge in [0.05, 0.1) is 31.1 Å². The number of aryl methyl sites for hydroxylation is 2. The van der Waals surface area contributed by atoms with E-state index in [0.29, 0.717) is 50.0 Å². The van der Waals surface area contributed by atoms with Gasteiger partial charge in [-0.05, 0) is 32.9 Å². The van der Waals surface area contributed by atoms with E-state index in [1.807, 2.05) is 19.1 Å². The molecule has 0 atom stereocenters. The molecule has 28 heavy (non-hydrogen) atoms. The van der Waals surface area contributed by atoms with E-state index >= 15 is 0 Å². The van der Waals surface area contributed by atoms with E-state index < -0.39 is 10.0 Å². The summed E-state index contributed by atoms with van der Waals surface area (Å²) in [4.78, 5) is 14.3. The van der Waals surface area contributed by atoms with Gasteiger partial charge < -0.3 is 14.1 Å².